The van der Waals surface area contributed by atoms with Crippen LogP contribution in [0.1, 0.15) is 28.8 Å². The van der Waals surface area contributed by atoms with Crippen molar-refractivity contribution < 1.29 is 17.9 Å². The van der Waals surface area contributed by atoms with Crippen LogP contribution in [0.3, 0.4) is 0 Å². The van der Waals surface area contributed by atoms with Gasteiger partial charge in [0.2, 0.25) is 10.0 Å². The summed E-state index contributed by atoms with van der Waals surface area (Å²) in [6, 6.07) is 10.8. The predicted molar refractivity (Wildman–Crippen MR) is 102 cm³/mol. The predicted octanol–water partition coefficient (Wildman–Crippen LogP) is 1.81. The molecular formula is C19H23N3O4S. The van der Waals surface area contributed by atoms with E-state index < -0.39 is 10.0 Å². The fourth-order valence-corrected chi connectivity index (χ4v) is 3.85. The maximum atomic E-state index is 12.4. The molecule has 27 heavy (non-hydrogen) atoms. The van der Waals surface area contributed by atoms with Gasteiger partial charge in [-0.2, -0.15) is 0 Å². The zero-order chi connectivity index (χ0) is 19.3. The Labute approximate surface area is 159 Å². The number of nitrogens with zero attached hydrogens (tertiary/aromatic N) is 2. The molecule has 1 aromatic heterocycles. The standard InChI is InChI=1S/C19H23N3O4S/c1-27(24,25)22-10-7-17(8-11-22)26-18-6-2-5-16(12-18)19(23)21-14-15-4-3-9-20-13-15/h2-6,9,12-13,17H,7-8,10-11,14H2,1H3,(H,21,23). The molecule has 1 N–H and O–H groups in total. The van der Waals surface area contributed by atoms with Crippen molar-refractivity contribution >= 4 is 15.9 Å². The van der Waals surface area contributed by atoms with Crippen LogP contribution in [0, 0.1) is 0 Å². The number of pyridine rings is 1. The number of carbonyl (C=O) groups is 1. The Kier molecular flexibility index (Phi) is 6.08. The van der Waals surface area contributed by atoms with Crippen LogP contribution >= 0.6 is 0 Å². The second kappa shape index (κ2) is 8.49. The molecule has 3 rings (SSSR count). The van der Waals surface area contributed by atoms with Crippen molar-refractivity contribution in [3.8, 4) is 5.75 Å². The summed E-state index contributed by atoms with van der Waals surface area (Å²) < 4.78 is 30.6. The SMILES string of the molecule is CS(=O)(=O)N1CCC(Oc2cccc(C(=O)NCc3cccnc3)c2)CC1. The summed E-state index contributed by atoms with van der Waals surface area (Å²) in [5.41, 5.74) is 1.45. The first-order valence-corrected chi connectivity index (χ1v) is 10.7. The van der Waals surface area contributed by atoms with Crippen LogP contribution in [0.5, 0.6) is 5.75 Å². The summed E-state index contributed by atoms with van der Waals surface area (Å²) in [6.45, 7) is 1.31. The quantitative estimate of drug-likeness (QED) is 0.814. The Balaban J connectivity index is 1.55. The van der Waals surface area contributed by atoms with Crippen molar-refractivity contribution in [1.29, 1.82) is 0 Å². The van der Waals surface area contributed by atoms with Gasteiger partial charge in [0, 0.05) is 37.6 Å². The molecule has 1 aliphatic rings. The largest absolute Gasteiger partial charge is 0.490 e. The lowest BCUT2D eigenvalue weighted by Gasteiger charge is -2.30. The molecule has 0 radical (unpaired) electrons. The number of piperidine rings is 1. The molecule has 8 heteroatoms. The molecule has 0 unspecified atom stereocenters. The van der Waals surface area contributed by atoms with Crippen LogP contribution in [0.2, 0.25) is 0 Å². The molecule has 2 heterocycles. The van der Waals surface area contributed by atoms with Crippen molar-refractivity contribution in [3.63, 3.8) is 0 Å². The van der Waals surface area contributed by atoms with Crippen molar-refractivity contribution in [2.75, 3.05) is 19.3 Å². The second-order valence-corrected chi connectivity index (χ2v) is 8.53. The number of ether oxygens (including phenoxy) is 1. The lowest BCUT2D eigenvalue weighted by molar-refractivity contribution is 0.0949. The number of hydrogen-bond donors (Lipinski definition) is 1. The van der Waals surface area contributed by atoms with Crippen molar-refractivity contribution in [3.05, 3.63) is 59.9 Å². The van der Waals surface area contributed by atoms with Crippen molar-refractivity contribution in [2.45, 2.75) is 25.5 Å². The van der Waals surface area contributed by atoms with E-state index in [1.807, 2.05) is 12.1 Å². The minimum atomic E-state index is -3.15. The smallest absolute Gasteiger partial charge is 0.251 e. The van der Waals surface area contributed by atoms with Gasteiger partial charge >= 0.3 is 0 Å². The van der Waals surface area contributed by atoms with Gasteiger partial charge in [0.15, 0.2) is 0 Å². The second-order valence-electron chi connectivity index (χ2n) is 6.55. The third-order valence-corrected chi connectivity index (χ3v) is 5.75. The number of nitrogens with one attached hydrogen (secondary N) is 1. The molecule has 0 atom stereocenters. The van der Waals surface area contributed by atoms with Crippen LogP contribution in [-0.2, 0) is 16.6 Å². The lowest BCUT2D eigenvalue weighted by Crippen LogP contribution is -2.41. The van der Waals surface area contributed by atoms with E-state index in [2.05, 4.69) is 10.3 Å². The number of hydrogen-bond acceptors (Lipinski definition) is 5. The number of sulfonamides is 1. The number of carbonyl (C=O) groups excluding carboxylic acids is 1. The molecule has 0 saturated carbocycles. The maximum Gasteiger partial charge on any atom is 0.251 e. The number of rotatable bonds is 6. The highest BCUT2D eigenvalue weighted by atomic mass is 32.2. The number of benzene rings is 1. The van der Waals surface area contributed by atoms with Gasteiger partial charge < -0.3 is 10.1 Å². The molecule has 0 bridgehead atoms. The van der Waals surface area contributed by atoms with Gasteiger partial charge in [-0.1, -0.05) is 12.1 Å². The highest BCUT2D eigenvalue weighted by Gasteiger charge is 2.26. The van der Waals surface area contributed by atoms with Crippen LogP contribution in [0.15, 0.2) is 48.8 Å². The van der Waals surface area contributed by atoms with Crippen LogP contribution in [-0.4, -0.2) is 49.1 Å². The maximum absolute atomic E-state index is 12.4. The third kappa shape index (κ3) is 5.51. The Bertz CT molecular complexity index is 879. The molecule has 144 valence electrons. The molecular weight excluding hydrogens is 366 g/mol. The average molecular weight is 389 g/mol. The van der Waals surface area contributed by atoms with Gasteiger partial charge in [-0.15, -0.1) is 0 Å². The molecule has 7 nitrogen and oxygen atoms in total. The van der Waals surface area contributed by atoms with Crippen molar-refractivity contribution in [2.24, 2.45) is 0 Å². The van der Waals surface area contributed by atoms with Gasteiger partial charge in [0.05, 0.1) is 6.26 Å². The Morgan fingerprint density at radius 2 is 2.04 bits per heavy atom. The van der Waals surface area contributed by atoms with Crippen LogP contribution < -0.4 is 10.1 Å². The summed E-state index contributed by atoms with van der Waals surface area (Å²) >= 11 is 0. The number of amides is 1. The summed E-state index contributed by atoms with van der Waals surface area (Å²) in [5, 5.41) is 2.86. The first-order valence-electron chi connectivity index (χ1n) is 8.81. The molecule has 1 aliphatic heterocycles. The zero-order valence-corrected chi connectivity index (χ0v) is 16.0. The zero-order valence-electron chi connectivity index (χ0n) is 15.2. The molecule has 2 aromatic rings. The fraction of sp³-hybridized carbons (Fsp3) is 0.368. The molecule has 0 aliphatic carbocycles. The molecule has 0 spiro atoms. The van der Waals surface area contributed by atoms with E-state index in [1.54, 1.807) is 36.7 Å². The minimum Gasteiger partial charge on any atom is -0.490 e. The van der Waals surface area contributed by atoms with E-state index in [-0.39, 0.29) is 12.0 Å². The third-order valence-electron chi connectivity index (χ3n) is 4.44. The Hall–Kier alpha value is -2.45. The average Bonchev–Trinajstić information content (AvgIpc) is 2.67. The van der Waals surface area contributed by atoms with Gasteiger partial charge in [0.1, 0.15) is 11.9 Å². The molecule has 1 amide bonds. The van der Waals surface area contributed by atoms with Gasteiger partial charge in [-0.3, -0.25) is 9.78 Å². The van der Waals surface area contributed by atoms with E-state index in [0.29, 0.717) is 43.8 Å². The molecule has 1 aromatic carbocycles. The topological polar surface area (TPSA) is 88.6 Å². The van der Waals surface area contributed by atoms with E-state index in [4.69, 9.17) is 4.74 Å². The van der Waals surface area contributed by atoms with E-state index in [1.165, 1.54) is 10.6 Å². The highest BCUT2D eigenvalue weighted by molar-refractivity contribution is 7.88. The first-order chi connectivity index (χ1) is 12.9. The number of aromatic nitrogens is 1. The van der Waals surface area contributed by atoms with Crippen LogP contribution in [0.25, 0.3) is 0 Å². The summed E-state index contributed by atoms with van der Waals surface area (Å²) in [4.78, 5) is 16.4. The summed E-state index contributed by atoms with van der Waals surface area (Å²) in [5.74, 6) is 0.429. The highest BCUT2D eigenvalue weighted by Crippen LogP contribution is 2.21. The first kappa shape index (κ1) is 19.3. The molecule has 1 fully saturated rings. The Morgan fingerprint density at radius 1 is 1.26 bits per heavy atom. The van der Waals surface area contributed by atoms with E-state index in [9.17, 15) is 13.2 Å². The van der Waals surface area contributed by atoms with Gasteiger partial charge in [-0.25, -0.2) is 12.7 Å². The summed E-state index contributed by atoms with van der Waals surface area (Å²) in [7, 11) is -3.15. The van der Waals surface area contributed by atoms with Gasteiger partial charge in [-0.05, 0) is 42.7 Å². The van der Waals surface area contributed by atoms with E-state index in [0.717, 1.165) is 5.56 Å². The summed E-state index contributed by atoms with van der Waals surface area (Å²) in [6.07, 6.45) is 5.82. The fourth-order valence-electron chi connectivity index (χ4n) is 2.97. The van der Waals surface area contributed by atoms with E-state index >= 15 is 0 Å². The normalized spacial score (nSPS) is 16.0. The monoisotopic (exact) mass is 389 g/mol. The lowest BCUT2D eigenvalue weighted by atomic mass is 10.1. The van der Waals surface area contributed by atoms with Crippen molar-refractivity contribution in [1.82, 2.24) is 14.6 Å². The molecule has 1 saturated heterocycles. The van der Waals surface area contributed by atoms with Gasteiger partial charge in [0.25, 0.3) is 5.91 Å². The Morgan fingerprint density at radius 3 is 2.70 bits per heavy atom. The minimum absolute atomic E-state index is 0.0586. The van der Waals surface area contributed by atoms with Crippen LogP contribution in [0.4, 0.5) is 0 Å².